The minimum absolute atomic E-state index is 0.149. The summed E-state index contributed by atoms with van der Waals surface area (Å²) in [6, 6.07) is 13.6. The zero-order valence-corrected chi connectivity index (χ0v) is 19.5. The molecule has 0 saturated heterocycles. The maximum Gasteiger partial charge on any atom is 0.252 e. The first-order valence-corrected chi connectivity index (χ1v) is 11.4. The number of nitrogens with zero attached hydrogens (tertiary/aromatic N) is 1. The van der Waals surface area contributed by atoms with Crippen LogP contribution < -0.4 is 20.7 Å². The Morgan fingerprint density at radius 3 is 2.59 bits per heavy atom. The van der Waals surface area contributed by atoms with Crippen molar-refractivity contribution in [2.75, 3.05) is 32.8 Å². The van der Waals surface area contributed by atoms with Gasteiger partial charge in [0.2, 0.25) is 11.8 Å². The van der Waals surface area contributed by atoms with Crippen molar-refractivity contribution in [1.29, 1.82) is 0 Å². The maximum absolute atomic E-state index is 12.8. The summed E-state index contributed by atoms with van der Waals surface area (Å²) in [7, 11) is 0. The van der Waals surface area contributed by atoms with Gasteiger partial charge < -0.3 is 25.8 Å². The van der Waals surface area contributed by atoms with Gasteiger partial charge in [-0.05, 0) is 37.1 Å². The SMILES string of the molecule is Cc1ccc2cc1OCCNC(=O)CN(Cc1ccccc1)CCNC(=O)[C@H]([C@@H](C)O)NC2=O. The highest BCUT2D eigenvalue weighted by molar-refractivity contribution is 5.98. The van der Waals surface area contributed by atoms with Gasteiger partial charge in [-0.1, -0.05) is 36.4 Å². The predicted molar refractivity (Wildman–Crippen MR) is 127 cm³/mol. The largest absolute Gasteiger partial charge is 0.491 e. The van der Waals surface area contributed by atoms with Crippen molar-refractivity contribution in [2.24, 2.45) is 0 Å². The third kappa shape index (κ3) is 7.29. The summed E-state index contributed by atoms with van der Waals surface area (Å²) in [5.74, 6) is -0.635. The standard InChI is InChI=1S/C25H32N4O5/c1-17-8-9-20-14-21(17)34-13-11-26-22(31)16-29(15-19-6-4-3-5-7-19)12-10-27-25(33)23(18(2)30)28-24(20)32/h3-9,14,18,23,30H,10-13,15-16H2,1-2H3,(H,26,31)(H,27,33)(H,28,32)/t18-,23+/m1/s1. The number of carbonyl (C=O) groups excluding carboxylic acids is 3. The molecule has 0 saturated carbocycles. The van der Waals surface area contributed by atoms with Gasteiger partial charge in [0.1, 0.15) is 18.4 Å². The quantitative estimate of drug-likeness (QED) is 0.524. The maximum atomic E-state index is 12.8. The smallest absolute Gasteiger partial charge is 0.252 e. The summed E-state index contributed by atoms with van der Waals surface area (Å²) in [5, 5.41) is 18.4. The molecule has 9 heteroatoms. The lowest BCUT2D eigenvalue weighted by atomic mass is 10.1. The first-order valence-electron chi connectivity index (χ1n) is 11.4. The van der Waals surface area contributed by atoms with E-state index in [0.29, 0.717) is 30.9 Å². The number of aliphatic hydroxyl groups is 1. The number of amides is 3. The van der Waals surface area contributed by atoms with Crippen LogP contribution in [0.25, 0.3) is 0 Å². The minimum Gasteiger partial charge on any atom is -0.491 e. The number of carbonyl (C=O) groups is 3. The Labute approximate surface area is 199 Å². The van der Waals surface area contributed by atoms with Gasteiger partial charge in [-0.15, -0.1) is 0 Å². The Morgan fingerprint density at radius 1 is 1.09 bits per heavy atom. The molecule has 0 fully saturated rings. The van der Waals surface area contributed by atoms with Crippen molar-refractivity contribution in [3.05, 3.63) is 65.2 Å². The van der Waals surface area contributed by atoms with Crippen molar-refractivity contribution in [3.8, 4) is 5.75 Å². The minimum atomic E-state index is -1.13. The second kappa shape index (κ2) is 12.2. The lowest BCUT2D eigenvalue weighted by Crippen LogP contribution is -2.53. The van der Waals surface area contributed by atoms with Crippen LogP contribution in [0.15, 0.2) is 48.5 Å². The Balaban J connectivity index is 1.78. The molecule has 2 atom stereocenters. The molecule has 0 radical (unpaired) electrons. The molecule has 3 rings (SSSR count). The number of hydrogen-bond donors (Lipinski definition) is 4. The summed E-state index contributed by atoms with van der Waals surface area (Å²) < 4.78 is 5.78. The van der Waals surface area contributed by atoms with Crippen molar-refractivity contribution >= 4 is 17.7 Å². The van der Waals surface area contributed by atoms with E-state index in [1.807, 2.05) is 42.2 Å². The van der Waals surface area contributed by atoms with Crippen molar-refractivity contribution in [2.45, 2.75) is 32.5 Å². The number of aryl methyl sites for hydroxylation is 1. The highest BCUT2D eigenvalue weighted by Gasteiger charge is 2.26. The van der Waals surface area contributed by atoms with Gasteiger partial charge in [0.05, 0.1) is 19.2 Å². The predicted octanol–water partition coefficient (Wildman–Crippen LogP) is 0.601. The Morgan fingerprint density at radius 2 is 1.85 bits per heavy atom. The molecule has 9 nitrogen and oxygen atoms in total. The van der Waals surface area contributed by atoms with Crippen molar-refractivity contribution in [1.82, 2.24) is 20.9 Å². The summed E-state index contributed by atoms with van der Waals surface area (Å²) >= 11 is 0. The Bertz CT molecular complexity index is 996. The normalized spacial score (nSPS) is 19.7. The van der Waals surface area contributed by atoms with E-state index >= 15 is 0 Å². The van der Waals surface area contributed by atoms with E-state index in [1.54, 1.807) is 18.2 Å². The molecule has 2 aromatic rings. The van der Waals surface area contributed by atoms with Gasteiger partial charge in [-0.3, -0.25) is 19.3 Å². The van der Waals surface area contributed by atoms with Crippen molar-refractivity contribution in [3.63, 3.8) is 0 Å². The van der Waals surface area contributed by atoms with E-state index in [0.717, 1.165) is 11.1 Å². The highest BCUT2D eigenvalue weighted by atomic mass is 16.5. The van der Waals surface area contributed by atoms with Crippen LogP contribution in [-0.4, -0.2) is 72.7 Å². The van der Waals surface area contributed by atoms with E-state index in [9.17, 15) is 19.5 Å². The number of aliphatic hydroxyl groups excluding tert-OH is 1. The summed E-state index contributed by atoms with van der Waals surface area (Å²) in [6.07, 6.45) is -1.10. The molecule has 182 valence electrons. The fourth-order valence-corrected chi connectivity index (χ4v) is 3.64. The number of ether oxygens (including phenoxy) is 1. The first-order chi connectivity index (χ1) is 16.3. The van der Waals surface area contributed by atoms with E-state index in [-0.39, 0.29) is 25.6 Å². The summed E-state index contributed by atoms with van der Waals surface area (Å²) in [4.78, 5) is 40.0. The molecule has 1 heterocycles. The molecule has 0 aromatic heterocycles. The molecule has 4 N–H and O–H groups in total. The highest BCUT2D eigenvalue weighted by Crippen LogP contribution is 2.20. The van der Waals surface area contributed by atoms with E-state index in [4.69, 9.17) is 4.74 Å². The molecule has 0 unspecified atom stereocenters. The topological polar surface area (TPSA) is 120 Å². The zero-order valence-electron chi connectivity index (χ0n) is 19.5. The van der Waals surface area contributed by atoms with Gasteiger partial charge >= 0.3 is 0 Å². The first kappa shape index (κ1) is 25.2. The molecule has 1 aliphatic heterocycles. The second-order valence-corrected chi connectivity index (χ2v) is 8.36. The van der Waals surface area contributed by atoms with Crippen LogP contribution in [0.3, 0.4) is 0 Å². The van der Waals surface area contributed by atoms with Crippen LogP contribution in [0.1, 0.15) is 28.4 Å². The van der Waals surface area contributed by atoms with Crippen LogP contribution in [-0.2, 0) is 16.1 Å². The van der Waals surface area contributed by atoms with Crippen LogP contribution >= 0.6 is 0 Å². The van der Waals surface area contributed by atoms with Gasteiger partial charge in [-0.25, -0.2) is 0 Å². The molecule has 1 aliphatic rings. The van der Waals surface area contributed by atoms with Crippen LogP contribution in [0, 0.1) is 6.92 Å². The Hall–Kier alpha value is -3.43. The molecule has 0 spiro atoms. The number of rotatable bonds is 3. The average molecular weight is 469 g/mol. The average Bonchev–Trinajstić information content (AvgIpc) is 2.81. The van der Waals surface area contributed by atoms with Gasteiger partial charge in [0, 0.05) is 25.2 Å². The monoisotopic (exact) mass is 468 g/mol. The zero-order chi connectivity index (χ0) is 24.5. The summed E-state index contributed by atoms with van der Waals surface area (Å²) in [5.41, 5.74) is 2.18. The lowest BCUT2D eigenvalue weighted by Gasteiger charge is -2.24. The molecule has 0 aliphatic carbocycles. The van der Waals surface area contributed by atoms with E-state index < -0.39 is 24.0 Å². The molecule has 34 heavy (non-hydrogen) atoms. The number of fused-ring (bicyclic) bond motifs is 2. The number of hydrogen-bond acceptors (Lipinski definition) is 6. The van der Waals surface area contributed by atoms with Crippen LogP contribution in [0.2, 0.25) is 0 Å². The third-order valence-electron chi connectivity index (χ3n) is 5.53. The fourth-order valence-electron chi connectivity index (χ4n) is 3.64. The third-order valence-corrected chi connectivity index (χ3v) is 5.53. The Kier molecular flexibility index (Phi) is 9.00. The van der Waals surface area contributed by atoms with Gasteiger partial charge in [0.15, 0.2) is 0 Å². The van der Waals surface area contributed by atoms with Crippen molar-refractivity contribution < 1.29 is 24.2 Å². The van der Waals surface area contributed by atoms with Gasteiger partial charge in [-0.2, -0.15) is 0 Å². The molecular formula is C25H32N4O5. The number of nitrogens with one attached hydrogen (secondary N) is 3. The number of benzene rings is 2. The van der Waals surface area contributed by atoms with E-state index in [1.165, 1.54) is 6.92 Å². The molecule has 3 amide bonds. The fraction of sp³-hybridized carbons (Fsp3) is 0.400. The molecule has 2 bridgehead atoms. The van der Waals surface area contributed by atoms with Crippen LogP contribution in [0.5, 0.6) is 5.75 Å². The summed E-state index contributed by atoms with van der Waals surface area (Å²) in [6.45, 7) is 5.19. The second-order valence-electron chi connectivity index (χ2n) is 8.36. The lowest BCUT2D eigenvalue weighted by molar-refractivity contribution is -0.125. The van der Waals surface area contributed by atoms with E-state index in [2.05, 4.69) is 16.0 Å². The van der Waals surface area contributed by atoms with Gasteiger partial charge in [0.25, 0.3) is 5.91 Å². The molecule has 2 aromatic carbocycles. The molecular weight excluding hydrogens is 436 g/mol. The van der Waals surface area contributed by atoms with Crippen LogP contribution in [0.4, 0.5) is 0 Å².